The highest BCUT2D eigenvalue weighted by atomic mass is 16.1. The van der Waals surface area contributed by atoms with Crippen molar-refractivity contribution >= 4 is 11.7 Å². The van der Waals surface area contributed by atoms with E-state index in [-0.39, 0.29) is 5.91 Å². The fourth-order valence-electron chi connectivity index (χ4n) is 3.09. The number of nitrogens with one attached hydrogen (secondary N) is 1. The van der Waals surface area contributed by atoms with Crippen molar-refractivity contribution in [1.29, 1.82) is 0 Å². The van der Waals surface area contributed by atoms with Crippen LogP contribution in [0, 0.1) is 0 Å². The number of aliphatic imine (C=N–C) groups is 1. The first kappa shape index (κ1) is 18.9. The van der Waals surface area contributed by atoms with Gasteiger partial charge in [0.2, 0.25) is 11.7 Å². The summed E-state index contributed by atoms with van der Waals surface area (Å²) in [5, 5.41) is 2.92. The van der Waals surface area contributed by atoms with E-state index in [0.717, 1.165) is 43.6 Å². The number of nitrogens with zero attached hydrogens (tertiary/aromatic N) is 2. The monoisotopic (exact) mass is 308 g/mol. The van der Waals surface area contributed by atoms with Gasteiger partial charge >= 0.3 is 0 Å². The molecule has 1 rings (SSSR count). The summed E-state index contributed by atoms with van der Waals surface area (Å²) in [6, 6.07) is 0. The van der Waals surface area contributed by atoms with Crippen LogP contribution in [-0.2, 0) is 4.79 Å². The minimum Gasteiger partial charge on any atom is -0.351 e. The quantitative estimate of drug-likeness (QED) is 0.355. The summed E-state index contributed by atoms with van der Waals surface area (Å²) in [7, 11) is 0. The van der Waals surface area contributed by atoms with Gasteiger partial charge in [-0.1, -0.05) is 38.3 Å². The Balaban J connectivity index is 2.39. The number of rotatable bonds is 11. The topological polar surface area (TPSA) is 41.5 Å². The molecule has 22 heavy (non-hydrogen) atoms. The molecule has 0 saturated carbocycles. The van der Waals surface area contributed by atoms with Crippen molar-refractivity contribution in [1.82, 2.24) is 5.32 Å². The van der Waals surface area contributed by atoms with Crippen molar-refractivity contribution in [2.75, 3.05) is 32.7 Å². The maximum Gasteiger partial charge on any atom is 0.217 e. The molecule has 0 bridgehead atoms. The summed E-state index contributed by atoms with van der Waals surface area (Å²) in [4.78, 5) is 15.8. The molecule has 1 atom stereocenters. The number of carbonyl (C=O) groups is 1. The van der Waals surface area contributed by atoms with E-state index in [1.165, 1.54) is 37.9 Å². The summed E-state index contributed by atoms with van der Waals surface area (Å²) in [6.07, 6.45) is 12.0. The molecule has 0 aromatic heterocycles. The van der Waals surface area contributed by atoms with Crippen LogP contribution in [0.15, 0.2) is 17.1 Å². The standard InChI is InChI=1S/C18H33N3O/c1-4-6-7-8-9-10-11-12-18-20-14-16-21(18,5-2)15-13-19-17(3)22/h10-11H,4-9,12-16H2,1-3H3/p+1/b11-10+. The van der Waals surface area contributed by atoms with E-state index in [0.29, 0.717) is 0 Å². The molecule has 0 saturated heterocycles. The van der Waals surface area contributed by atoms with Gasteiger partial charge in [0, 0.05) is 6.92 Å². The molecular weight excluding hydrogens is 274 g/mol. The van der Waals surface area contributed by atoms with Crippen molar-refractivity contribution in [3.05, 3.63) is 12.2 Å². The maximum absolute atomic E-state index is 11.1. The molecular formula is C18H34N3O+. The molecule has 0 radical (unpaired) electrons. The highest BCUT2D eigenvalue weighted by Gasteiger charge is 2.35. The van der Waals surface area contributed by atoms with Crippen LogP contribution in [0.3, 0.4) is 0 Å². The van der Waals surface area contributed by atoms with Crippen LogP contribution in [0.4, 0.5) is 0 Å². The number of unbranched alkanes of at least 4 members (excludes halogenated alkanes) is 4. The fourth-order valence-corrected chi connectivity index (χ4v) is 3.09. The van der Waals surface area contributed by atoms with Crippen LogP contribution >= 0.6 is 0 Å². The molecule has 0 aromatic carbocycles. The SMILES string of the molecule is CCCCCC/C=C/CC1=NCC[N+]1(CC)CCNC(C)=O. The molecule has 1 aliphatic heterocycles. The average Bonchev–Trinajstić information content (AvgIpc) is 2.89. The molecule has 1 unspecified atom stereocenters. The lowest BCUT2D eigenvalue weighted by molar-refractivity contribution is -0.832. The zero-order chi connectivity index (χ0) is 16.3. The molecule has 126 valence electrons. The summed E-state index contributed by atoms with van der Waals surface area (Å²) in [5.74, 6) is 1.34. The van der Waals surface area contributed by atoms with E-state index < -0.39 is 0 Å². The van der Waals surface area contributed by atoms with E-state index in [2.05, 4.69) is 31.3 Å². The minimum absolute atomic E-state index is 0.0545. The Morgan fingerprint density at radius 3 is 2.77 bits per heavy atom. The van der Waals surface area contributed by atoms with Crippen molar-refractivity contribution in [3.63, 3.8) is 0 Å². The lowest BCUT2D eigenvalue weighted by atomic mass is 10.1. The maximum atomic E-state index is 11.1. The van der Waals surface area contributed by atoms with Crippen LogP contribution < -0.4 is 5.32 Å². The normalized spacial score (nSPS) is 21.3. The number of quaternary nitrogens is 1. The van der Waals surface area contributed by atoms with Gasteiger partial charge in [0.1, 0.15) is 13.1 Å². The van der Waals surface area contributed by atoms with Crippen LogP contribution in [0.2, 0.25) is 0 Å². The number of hydrogen-bond acceptors (Lipinski definition) is 2. The molecule has 0 aliphatic carbocycles. The van der Waals surface area contributed by atoms with Crippen LogP contribution in [-0.4, -0.2) is 48.9 Å². The Hall–Kier alpha value is -1.16. The molecule has 0 fully saturated rings. The Morgan fingerprint density at radius 2 is 2.09 bits per heavy atom. The molecule has 0 aromatic rings. The second kappa shape index (κ2) is 10.5. The molecule has 0 spiro atoms. The first-order valence-electron chi connectivity index (χ1n) is 8.94. The third-order valence-electron chi connectivity index (χ3n) is 4.58. The van der Waals surface area contributed by atoms with E-state index in [1.54, 1.807) is 6.92 Å². The highest BCUT2D eigenvalue weighted by molar-refractivity contribution is 5.78. The predicted octanol–water partition coefficient (Wildman–Crippen LogP) is 3.29. The van der Waals surface area contributed by atoms with E-state index in [1.807, 2.05) is 0 Å². The number of allylic oxidation sites excluding steroid dienone is 1. The van der Waals surface area contributed by atoms with Gasteiger partial charge in [-0.25, -0.2) is 4.99 Å². The van der Waals surface area contributed by atoms with E-state index in [4.69, 9.17) is 4.99 Å². The van der Waals surface area contributed by atoms with Gasteiger partial charge in [-0.3, -0.25) is 9.28 Å². The van der Waals surface area contributed by atoms with Gasteiger partial charge in [-0.15, -0.1) is 0 Å². The minimum atomic E-state index is 0.0545. The van der Waals surface area contributed by atoms with Crippen molar-refractivity contribution in [2.45, 2.75) is 59.3 Å². The summed E-state index contributed by atoms with van der Waals surface area (Å²) in [5.41, 5.74) is 0. The van der Waals surface area contributed by atoms with Crippen LogP contribution in [0.1, 0.15) is 59.3 Å². The second-order valence-corrected chi connectivity index (χ2v) is 6.21. The average molecular weight is 308 g/mol. The van der Waals surface area contributed by atoms with Crippen molar-refractivity contribution < 1.29 is 9.28 Å². The summed E-state index contributed by atoms with van der Waals surface area (Å²) >= 11 is 0. The Labute approximate surface area is 136 Å². The van der Waals surface area contributed by atoms with Gasteiger partial charge in [0.25, 0.3) is 0 Å². The van der Waals surface area contributed by atoms with Crippen LogP contribution in [0.5, 0.6) is 0 Å². The molecule has 1 N–H and O–H groups in total. The number of amides is 1. The first-order valence-corrected chi connectivity index (χ1v) is 8.94. The lowest BCUT2D eigenvalue weighted by Gasteiger charge is -2.33. The number of carbonyl (C=O) groups excluding carboxylic acids is 1. The predicted molar refractivity (Wildman–Crippen MR) is 94.0 cm³/mol. The Morgan fingerprint density at radius 1 is 1.27 bits per heavy atom. The third-order valence-corrected chi connectivity index (χ3v) is 4.58. The Kier molecular flexibility index (Phi) is 9.05. The number of hydrogen-bond donors (Lipinski definition) is 1. The van der Waals surface area contributed by atoms with E-state index in [9.17, 15) is 4.79 Å². The molecule has 4 heteroatoms. The van der Waals surface area contributed by atoms with E-state index >= 15 is 0 Å². The van der Waals surface area contributed by atoms with Gasteiger partial charge in [0.05, 0.1) is 26.1 Å². The number of amidine groups is 1. The Bertz CT molecular complexity index is 390. The zero-order valence-corrected chi connectivity index (χ0v) is 14.7. The molecule has 1 heterocycles. The lowest BCUT2D eigenvalue weighted by Crippen LogP contribution is -2.53. The number of likely N-dealkylation sites (N-methyl/N-ethyl adjacent to an activating group) is 1. The van der Waals surface area contributed by atoms with Gasteiger partial charge in [0.15, 0.2) is 0 Å². The third kappa shape index (κ3) is 6.30. The summed E-state index contributed by atoms with van der Waals surface area (Å²) in [6.45, 7) is 10.8. The van der Waals surface area contributed by atoms with Crippen LogP contribution in [0.25, 0.3) is 0 Å². The van der Waals surface area contributed by atoms with Crippen molar-refractivity contribution in [2.24, 2.45) is 4.99 Å². The molecule has 1 amide bonds. The summed E-state index contributed by atoms with van der Waals surface area (Å²) < 4.78 is 0.945. The fraction of sp³-hybridized carbons (Fsp3) is 0.778. The smallest absolute Gasteiger partial charge is 0.217 e. The second-order valence-electron chi connectivity index (χ2n) is 6.21. The molecule has 4 nitrogen and oxygen atoms in total. The van der Waals surface area contributed by atoms with Gasteiger partial charge in [-0.2, -0.15) is 0 Å². The highest BCUT2D eigenvalue weighted by Crippen LogP contribution is 2.17. The van der Waals surface area contributed by atoms with Crippen molar-refractivity contribution in [3.8, 4) is 0 Å². The zero-order valence-electron chi connectivity index (χ0n) is 14.7. The molecule has 1 aliphatic rings. The first-order chi connectivity index (χ1) is 10.6. The largest absolute Gasteiger partial charge is 0.351 e. The van der Waals surface area contributed by atoms with Gasteiger partial charge < -0.3 is 5.32 Å². The van der Waals surface area contributed by atoms with Gasteiger partial charge in [-0.05, 0) is 19.8 Å².